The number of fused-ring (bicyclic) bond motifs is 1. The van der Waals surface area contributed by atoms with Crippen molar-refractivity contribution in [3.05, 3.63) is 24.5 Å². The summed E-state index contributed by atoms with van der Waals surface area (Å²) in [6, 6.07) is 2.03. The van der Waals surface area contributed by atoms with Gasteiger partial charge in [0.25, 0.3) is 0 Å². The SMILES string of the molecule is C1=C[n+]2cccn2C1. The fourth-order valence-corrected chi connectivity index (χ4v) is 0.942. The molecule has 0 spiro atoms. The predicted octanol–water partition coefficient (Wildman–Crippen LogP) is 0.260. The second-order valence-electron chi connectivity index (χ2n) is 1.88. The molecule has 0 atom stereocenters. The van der Waals surface area contributed by atoms with Crippen molar-refractivity contribution in [3.8, 4) is 0 Å². The summed E-state index contributed by atoms with van der Waals surface area (Å²) < 4.78 is 4.18. The van der Waals surface area contributed by atoms with E-state index in [4.69, 9.17) is 0 Å². The van der Waals surface area contributed by atoms with Crippen molar-refractivity contribution >= 4 is 6.20 Å². The highest BCUT2D eigenvalue weighted by Crippen LogP contribution is 1.90. The Morgan fingerprint density at radius 1 is 1.50 bits per heavy atom. The van der Waals surface area contributed by atoms with Crippen molar-refractivity contribution in [1.82, 2.24) is 4.68 Å². The van der Waals surface area contributed by atoms with E-state index in [1.54, 1.807) is 0 Å². The van der Waals surface area contributed by atoms with Crippen LogP contribution in [0.2, 0.25) is 0 Å². The van der Waals surface area contributed by atoms with Crippen LogP contribution in [0.15, 0.2) is 24.5 Å². The molecule has 8 heavy (non-hydrogen) atoms. The summed E-state index contributed by atoms with van der Waals surface area (Å²) in [5.41, 5.74) is 0. The Bertz CT molecular complexity index is 222. The van der Waals surface area contributed by atoms with Crippen LogP contribution in [-0.2, 0) is 6.54 Å². The van der Waals surface area contributed by atoms with Gasteiger partial charge in [0.1, 0.15) is 6.54 Å². The van der Waals surface area contributed by atoms with E-state index in [-0.39, 0.29) is 0 Å². The average Bonchev–Trinajstić information content (AvgIpc) is 2.15. The molecule has 0 aliphatic carbocycles. The molecular formula is C6H7N2+. The third-order valence-electron chi connectivity index (χ3n) is 1.34. The Labute approximate surface area is 47.6 Å². The first-order valence-electron chi connectivity index (χ1n) is 2.70. The molecule has 0 saturated carbocycles. The third kappa shape index (κ3) is 0.346. The molecule has 0 bridgehead atoms. The van der Waals surface area contributed by atoms with E-state index < -0.39 is 0 Å². The zero-order valence-corrected chi connectivity index (χ0v) is 4.49. The molecule has 2 heteroatoms. The molecule has 40 valence electrons. The first-order valence-corrected chi connectivity index (χ1v) is 2.70. The molecule has 0 amide bonds. The summed E-state index contributed by atoms with van der Waals surface area (Å²) in [5, 5.41) is 0. The Morgan fingerprint density at radius 3 is 3.38 bits per heavy atom. The molecule has 1 aromatic rings. The lowest BCUT2D eigenvalue weighted by Gasteiger charge is -1.81. The van der Waals surface area contributed by atoms with Crippen molar-refractivity contribution in [2.24, 2.45) is 0 Å². The lowest BCUT2D eigenvalue weighted by atomic mass is 10.6. The van der Waals surface area contributed by atoms with Crippen molar-refractivity contribution in [2.75, 3.05) is 0 Å². The topological polar surface area (TPSA) is 8.81 Å². The van der Waals surface area contributed by atoms with Crippen molar-refractivity contribution in [2.45, 2.75) is 6.54 Å². The molecule has 0 fully saturated rings. The van der Waals surface area contributed by atoms with Crippen LogP contribution < -0.4 is 4.68 Å². The van der Waals surface area contributed by atoms with E-state index in [2.05, 4.69) is 27.8 Å². The van der Waals surface area contributed by atoms with Crippen molar-refractivity contribution in [3.63, 3.8) is 0 Å². The Balaban J connectivity index is 2.67. The van der Waals surface area contributed by atoms with Crippen molar-refractivity contribution in [1.29, 1.82) is 0 Å². The maximum atomic E-state index is 2.12. The highest BCUT2D eigenvalue weighted by molar-refractivity contribution is 5.08. The fourth-order valence-electron chi connectivity index (χ4n) is 0.942. The fraction of sp³-hybridized carbons (Fsp3) is 0.167. The summed E-state index contributed by atoms with van der Waals surface area (Å²) in [5.74, 6) is 0. The first kappa shape index (κ1) is 3.89. The van der Waals surface area contributed by atoms with Crippen LogP contribution >= 0.6 is 0 Å². The molecule has 2 nitrogen and oxygen atoms in total. The van der Waals surface area contributed by atoms with Crippen LogP contribution in [0.5, 0.6) is 0 Å². The summed E-state index contributed by atoms with van der Waals surface area (Å²) in [4.78, 5) is 0. The smallest absolute Gasteiger partial charge is 0.152 e. The zero-order chi connectivity index (χ0) is 5.40. The third-order valence-corrected chi connectivity index (χ3v) is 1.34. The maximum absolute atomic E-state index is 2.12. The van der Waals surface area contributed by atoms with E-state index in [1.807, 2.05) is 12.3 Å². The van der Waals surface area contributed by atoms with E-state index >= 15 is 0 Å². The summed E-state index contributed by atoms with van der Waals surface area (Å²) >= 11 is 0. The second kappa shape index (κ2) is 1.22. The van der Waals surface area contributed by atoms with Gasteiger partial charge in [-0.05, 0) is 0 Å². The molecule has 0 N–H and O–H groups in total. The largest absolute Gasteiger partial charge is 0.201 e. The van der Waals surface area contributed by atoms with Gasteiger partial charge in [0.05, 0.1) is 6.20 Å². The van der Waals surface area contributed by atoms with E-state index in [0.717, 1.165) is 6.54 Å². The molecule has 1 aliphatic heterocycles. The minimum absolute atomic E-state index is 1.02. The van der Waals surface area contributed by atoms with Gasteiger partial charge in [0.2, 0.25) is 6.20 Å². The van der Waals surface area contributed by atoms with Crippen LogP contribution in [-0.4, -0.2) is 4.68 Å². The van der Waals surface area contributed by atoms with E-state index in [0.29, 0.717) is 0 Å². The van der Waals surface area contributed by atoms with Gasteiger partial charge >= 0.3 is 0 Å². The minimum atomic E-state index is 1.02. The molecule has 0 radical (unpaired) electrons. The number of rotatable bonds is 0. The first-order chi connectivity index (χ1) is 3.97. The van der Waals surface area contributed by atoms with Crippen molar-refractivity contribution < 1.29 is 4.68 Å². The molecular weight excluding hydrogens is 100 g/mol. The molecule has 2 rings (SSSR count). The number of nitrogens with zero attached hydrogens (tertiary/aromatic N) is 2. The molecule has 1 aliphatic rings. The number of aromatic nitrogens is 2. The highest BCUT2D eigenvalue weighted by Gasteiger charge is 2.06. The quantitative estimate of drug-likeness (QED) is 0.420. The normalized spacial score (nSPS) is 14.5. The van der Waals surface area contributed by atoms with Gasteiger partial charge in [-0.15, -0.1) is 0 Å². The van der Waals surface area contributed by atoms with Gasteiger partial charge in [-0.1, -0.05) is 4.68 Å². The van der Waals surface area contributed by atoms with Gasteiger partial charge < -0.3 is 0 Å². The van der Waals surface area contributed by atoms with Gasteiger partial charge in [-0.25, -0.2) is 0 Å². The van der Waals surface area contributed by atoms with Crippen LogP contribution in [0, 0.1) is 0 Å². The molecule has 1 aromatic heterocycles. The van der Waals surface area contributed by atoms with Gasteiger partial charge in [0, 0.05) is 12.1 Å². The number of hydrogen-bond acceptors (Lipinski definition) is 0. The Morgan fingerprint density at radius 2 is 2.50 bits per heavy atom. The highest BCUT2D eigenvalue weighted by atomic mass is 15.4. The van der Waals surface area contributed by atoms with Gasteiger partial charge in [0.15, 0.2) is 6.20 Å². The lowest BCUT2D eigenvalue weighted by Crippen LogP contribution is -2.31. The molecule has 0 saturated heterocycles. The van der Waals surface area contributed by atoms with Crippen LogP contribution in [0.4, 0.5) is 0 Å². The summed E-state index contributed by atoms with van der Waals surface area (Å²) in [6.07, 6.45) is 8.27. The number of allylic oxidation sites excluding steroid dienone is 1. The lowest BCUT2D eigenvalue weighted by molar-refractivity contribution is -0.653. The second-order valence-corrected chi connectivity index (χ2v) is 1.88. The standard InChI is InChI=1S/C6H7N2/c1-3-7-5-2-6-8(7)4-1/h1-5H,6H2/q+1. The Hall–Kier alpha value is -1.05. The molecule has 2 heterocycles. The van der Waals surface area contributed by atoms with Crippen LogP contribution in [0.1, 0.15) is 0 Å². The Kier molecular flexibility index (Phi) is 0.592. The van der Waals surface area contributed by atoms with Gasteiger partial charge in [-0.3, -0.25) is 0 Å². The van der Waals surface area contributed by atoms with E-state index in [1.165, 1.54) is 0 Å². The molecule has 0 unspecified atom stereocenters. The number of hydrogen-bond donors (Lipinski definition) is 0. The average molecular weight is 107 g/mol. The maximum Gasteiger partial charge on any atom is 0.201 e. The zero-order valence-electron chi connectivity index (χ0n) is 4.49. The minimum Gasteiger partial charge on any atom is -0.152 e. The molecule has 0 aromatic carbocycles. The monoisotopic (exact) mass is 107 g/mol. The van der Waals surface area contributed by atoms with Gasteiger partial charge in [-0.2, -0.15) is 4.68 Å². The summed E-state index contributed by atoms with van der Waals surface area (Å²) in [7, 11) is 0. The van der Waals surface area contributed by atoms with Crippen LogP contribution in [0.25, 0.3) is 6.20 Å². The van der Waals surface area contributed by atoms with Crippen LogP contribution in [0.3, 0.4) is 0 Å². The predicted molar refractivity (Wildman–Crippen MR) is 30.0 cm³/mol. The summed E-state index contributed by atoms with van der Waals surface area (Å²) in [6.45, 7) is 1.02. The van der Waals surface area contributed by atoms with E-state index in [9.17, 15) is 0 Å².